The van der Waals surface area contributed by atoms with Crippen LogP contribution in [0.25, 0.3) is 11.1 Å². The van der Waals surface area contributed by atoms with Crippen molar-refractivity contribution in [1.29, 1.82) is 0 Å². The van der Waals surface area contributed by atoms with Crippen LogP contribution in [0.5, 0.6) is 5.75 Å². The summed E-state index contributed by atoms with van der Waals surface area (Å²) in [6.07, 6.45) is 1.50. The average Bonchev–Trinajstić information content (AvgIpc) is 3.22. The number of halogens is 1. The summed E-state index contributed by atoms with van der Waals surface area (Å²) >= 11 is 4.52. The average molecular weight is 510 g/mol. The molecule has 1 aromatic heterocycles. The maximum absolute atomic E-state index is 12.2. The number of benzene rings is 3. The van der Waals surface area contributed by atoms with Crippen LogP contribution in [0.2, 0.25) is 0 Å². The molecule has 0 saturated carbocycles. The van der Waals surface area contributed by atoms with E-state index in [4.69, 9.17) is 9.15 Å². The zero-order valence-corrected chi connectivity index (χ0v) is 18.9. The molecule has 0 aliphatic rings. The first kappa shape index (κ1) is 21.8. The Kier molecular flexibility index (Phi) is 6.98. The van der Waals surface area contributed by atoms with Gasteiger partial charge in [-0.3, -0.25) is 4.79 Å². The molecule has 160 valence electrons. The minimum atomic E-state index is -0.456. The number of hydrazone groups is 1. The number of thioether (sulfide) groups is 1. The standard InChI is InChI=1S/C23H16BrN3O4S/c24-18-6-2-1-5-17(18)22(29)30-16-11-9-15(10-12-16)13-25-27-21(28)14-32-23-26-19-7-3-4-8-20(19)31-23/h1-13H,14H2,(H,27,28)/b25-13-. The van der Waals surface area contributed by atoms with Crippen molar-refractivity contribution in [3.8, 4) is 5.75 Å². The number of ether oxygens (including phenoxy) is 1. The molecule has 4 aromatic rings. The SMILES string of the molecule is O=C(CSc1nc2ccccc2o1)N/N=C\c1ccc(OC(=O)c2ccccc2Br)cc1. The van der Waals surface area contributed by atoms with Crippen molar-refractivity contribution in [2.24, 2.45) is 5.10 Å². The third-order valence-corrected chi connectivity index (χ3v) is 5.71. The minimum absolute atomic E-state index is 0.119. The Hall–Kier alpha value is -3.43. The number of amides is 1. The van der Waals surface area contributed by atoms with E-state index >= 15 is 0 Å². The van der Waals surface area contributed by atoms with Crippen LogP contribution in [0.4, 0.5) is 0 Å². The third-order valence-electron chi connectivity index (χ3n) is 4.19. The summed E-state index contributed by atoms with van der Waals surface area (Å²) in [5.41, 5.74) is 5.06. The van der Waals surface area contributed by atoms with E-state index in [1.165, 1.54) is 18.0 Å². The van der Waals surface area contributed by atoms with Gasteiger partial charge in [-0.2, -0.15) is 5.10 Å². The second kappa shape index (κ2) is 10.3. The molecule has 4 rings (SSSR count). The Morgan fingerprint density at radius 3 is 2.59 bits per heavy atom. The molecule has 7 nitrogen and oxygen atoms in total. The highest BCUT2D eigenvalue weighted by atomic mass is 79.9. The maximum atomic E-state index is 12.2. The summed E-state index contributed by atoms with van der Waals surface area (Å²) in [4.78, 5) is 28.5. The fourth-order valence-corrected chi connectivity index (χ4v) is 3.74. The lowest BCUT2D eigenvalue weighted by Gasteiger charge is -2.06. The molecule has 3 aromatic carbocycles. The van der Waals surface area contributed by atoms with Crippen LogP contribution in [-0.4, -0.2) is 28.8 Å². The number of nitrogens with one attached hydrogen (secondary N) is 1. The molecule has 0 atom stereocenters. The monoisotopic (exact) mass is 509 g/mol. The van der Waals surface area contributed by atoms with Gasteiger partial charge in [-0.15, -0.1) is 0 Å². The van der Waals surface area contributed by atoms with Crippen molar-refractivity contribution in [3.63, 3.8) is 0 Å². The molecule has 0 fully saturated rings. The normalized spacial score (nSPS) is 11.0. The molecular weight excluding hydrogens is 494 g/mol. The summed E-state index contributed by atoms with van der Waals surface area (Å²) in [6.45, 7) is 0. The highest BCUT2D eigenvalue weighted by molar-refractivity contribution is 9.10. The van der Waals surface area contributed by atoms with Gasteiger partial charge >= 0.3 is 5.97 Å². The van der Waals surface area contributed by atoms with Gasteiger partial charge in [0.05, 0.1) is 17.5 Å². The van der Waals surface area contributed by atoms with Crippen molar-refractivity contribution < 1.29 is 18.7 Å². The molecule has 0 bridgehead atoms. The first-order chi connectivity index (χ1) is 15.6. The Bertz CT molecular complexity index is 1250. The van der Waals surface area contributed by atoms with E-state index in [1.807, 2.05) is 30.3 Å². The number of hydrogen-bond acceptors (Lipinski definition) is 7. The van der Waals surface area contributed by atoms with E-state index in [9.17, 15) is 9.59 Å². The van der Waals surface area contributed by atoms with Crippen molar-refractivity contribution in [2.45, 2.75) is 5.22 Å². The molecule has 0 radical (unpaired) electrons. The van der Waals surface area contributed by atoms with Crippen LogP contribution >= 0.6 is 27.7 Å². The van der Waals surface area contributed by atoms with Gasteiger partial charge in [0, 0.05) is 4.47 Å². The number of esters is 1. The second-order valence-corrected chi connectivity index (χ2v) is 8.25. The molecule has 0 aliphatic heterocycles. The highest BCUT2D eigenvalue weighted by Gasteiger charge is 2.12. The number of aromatic nitrogens is 1. The largest absolute Gasteiger partial charge is 0.431 e. The molecule has 0 saturated heterocycles. The zero-order valence-electron chi connectivity index (χ0n) is 16.5. The lowest BCUT2D eigenvalue weighted by atomic mass is 10.2. The van der Waals surface area contributed by atoms with Crippen LogP contribution in [0.15, 0.2) is 92.0 Å². The Morgan fingerprint density at radius 2 is 1.81 bits per heavy atom. The van der Waals surface area contributed by atoms with Crippen molar-refractivity contribution in [2.75, 3.05) is 5.75 Å². The third kappa shape index (κ3) is 5.63. The van der Waals surface area contributed by atoms with Crippen molar-refractivity contribution in [1.82, 2.24) is 10.4 Å². The van der Waals surface area contributed by atoms with Crippen LogP contribution in [0.1, 0.15) is 15.9 Å². The molecule has 9 heteroatoms. The predicted molar refractivity (Wildman–Crippen MR) is 126 cm³/mol. The van der Waals surface area contributed by atoms with Crippen molar-refractivity contribution in [3.05, 3.63) is 88.4 Å². The molecule has 0 aliphatic carbocycles. The molecular formula is C23H16BrN3O4S. The van der Waals surface area contributed by atoms with E-state index in [-0.39, 0.29) is 11.7 Å². The molecule has 1 amide bonds. The van der Waals surface area contributed by atoms with E-state index in [1.54, 1.807) is 42.5 Å². The summed E-state index contributed by atoms with van der Waals surface area (Å²) in [5.74, 6) is -0.217. The first-order valence-electron chi connectivity index (χ1n) is 9.45. The van der Waals surface area contributed by atoms with Crippen LogP contribution in [0, 0.1) is 0 Å². The van der Waals surface area contributed by atoms with Gasteiger partial charge in [-0.25, -0.2) is 15.2 Å². The Labute approximate surface area is 196 Å². The second-order valence-electron chi connectivity index (χ2n) is 6.47. The van der Waals surface area contributed by atoms with Gasteiger partial charge in [0.1, 0.15) is 11.3 Å². The van der Waals surface area contributed by atoms with Gasteiger partial charge in [-0.1, -0.05) is 36.0 Å². The van der Waals surface area contributed by atoms with E-state index in [0.29, 0.717) is 26.6 Å². The summed E-state index contributed by atoms with van der Waals surface area (Å²) in [7, 11) is 0. The number of nitrogens with zero attached hydrogens (tertiary/aromatic N) is 2. The number of carbonyl (C=O) groups is 2. The van der Waals surface area contributed by atoms with Gasteiger partial charge in [0.15, 0.2) is 5.58 Å². The topological polar surface area (TPSA) is 93.8 Å². The quantitative estimate of drug-likeness (QED) is 0.123. The predicted octanol–water partition coefficient (Wildman–Crippen LogP) is 5.05. The fraction of sp³-hybridized carbons (Fsp3) is 0.0435. The Balaban J connectivity index is 1.25. The van der Waals surface area contributed by atoms with Gasteiger partial charge in [0.25, 0.3) is 11.1 Å². The van der Waals surface area contributed by atoms with Crippen LogP contribution in [0.3, 0.4) is 0 Å². The lowest BCUT2D eigenvalue weighted by molar-refractivity contribution is -0.118. The van der Waals surface area contributed by atoms with Gasteiger partial charge < -0.3 is 9.15 Å². The number of rotatable bonds is 7. The van der Waals surface area contributed by atoms with Gasteiger partial charge in [0.2, 0.25) is 0 Å². The van der Waals surface area contributed by atoms with E-state index < -0.39 is 5.97 Å². The first-order valence-corrected chi connectivity index (χ1v) is 11.2. The molecule has 0 unspecified atom stereocenters. The number of fused-ring (bicyclic) bond motifs is 1. The van der Waals surface area contributed by atoms with E-state index in [0.717, 1.165) is 11.1 Å². The number of oxazole rings is 1. The smallest absolute Gasteiger partial charge is 0.344 e. The minimum Gasteiger partial charge on any atom is -0.431 e. The molecule has 1 heterocycles. The fourth-order valence-electron chi connectivity index (χ4n) is 2.66. The summed E-state index contributed by atoms with van der Waals surface area (Å²) in [6, 6.07) is 21.2. The van der Waals surface area contributed by atoms with E-state index in [2.05, 4.69) is 31.4 Å². The molecule has 32 heavy (non-hydrogen) atoms. The summed E-state index contributed by atoms with van der Waals surface area (Å²) < 4.78 is 11.6. The molecule has 0 spiro atoms. The van der Waals surface area contributed by atoms with Crippen LogP contribution in [-0.2, 0) is 4.79 Å². The lowest BCUT2D eigenvalue weighted by Crippen LogP contribution is -2.19. The number of hydrogen-bond donors (Lipinski definition) is 1. The highest BCUT2D eigenvalue weighted by Crippen LogP contribution is 2.23. The zero-order chi connectivity index (χ0) is 22.3. The summed E-state index contributed by atoms with van der Waals surface area (Å²) in [5, 5.41) is 4.37. The number of carbonyl (C=O) groups excluding carboxylic acids is 2. The Morgan fingerprint density at radius 1 is 1.06 bits per heavy atom. The maximum Gasteiger partial charge on any atom is 0.344 e. The van der Waals surface area contributed by atoms with Crippen LogP contribution < -0.4 is 10.2 Å². The molecule has 1 N–H and O–H groups in total. The van der Waals surface area contributed by atoms with Gasteiger partial charge in [-0.05, 0) is 70.0 Å². The number of para-hydroxylation sites is 2. The van der Waals surface area contributed by atoms with Crippen molar-refractivity contribution >= 4 is 56.9 Å².